The number of amides is 1. The molecule has 1 saturated heterocycles. The highest BCUT2D eigenvalue weighted by Crippen LogP contribution is 2.20. The number of carbonyl (C=O) groups excluding carboxylic acids is 1. The number of anilines is 2. The van der Waals surface area contributed by atoms with E-state index in [1.807, 2.05) is 0 Å². The molecule has 0 spiro atoms. The van der Waals surface area contributed by atoms with Crippen LogP contribution in [0.5, 0.6) is 0 Å². The summed E-state index contributed by atoms with van der Waals surface area (Å²) in [7, 11) is 0. The van der Waals surface area contributed by atoms with Crippen LogP contribution in [-0.2, 0) is 0 Å². The minimum atomic E-state index is -0.746. The number of halogens is 2. The zero-order valence-corrected chi connectivity index (χ0v) is 13.4. The number of hydrogen-bond donors (Lipinski definition) is 1. The highest BCUT2D eigenvalue weighted by molar-refractivity contribution is 5.92. The van der Waals surface area contributed by atoms with Gasteiger partial charge < -0.3 is 10.2 Å². The quantitative estimate of drug-likeness (QED) is 0.935. The van der Waals surface area contributed by atoms with E-state index in [1.54, 1.807) is 17.9 Å². The topological polar surface area (TPSA) is 58.1 Å². The normalized spacial score (nSPS) is 14.5. The summed E-state index contributed by atoms with van der Waals surface area (Å²) in [5.74, 6) is -1.45. The summed E-state index contributed by atoms with van der Waals surface area (Å²) in [6.07, 6.45) is 3.10. The lowest BCUT2D eigenvalue weighted by Gasteiger charge is -2.26. The number of likely N-dealkylation sites (tertiary alicyclic amines) is 1. The molecule has 1 N–H and O–H groups in total. The van der Waals surface area contributed by atoms with E-state index in [0.29, 0.717) is 5.69 Å². The van der Waals surface area contributed by atoms with E-state index < -0.39 is 11.6 Å². The van der Waals surface area contributed by atoms with Crippen molar-refractivity contribution in [2.75, 3.05) is 18.4 Å². The largest absolute Gasteiger partial charge is 0.337 e. The molecule has 3 rings (SSSR count). The Bertz CT molecular complexity index is 760. The number of nitrogens with one attached hydrogen (secondary N) is 1. The van der Waals surface area contributed by atoms with Gasteiger partial charge in [0.25, 0.3) is 5.91 Å². The van der Waals surface area contributed by atoms with Crippen LogP contribution in [-0.4, -0.2) is 33.9 Å². The maximum atomic E-state index is 13.8. The van der Waals surface area contributed by atoms with Crippen molar-refractivity contribution in [1.82, 2.24) is 14.9 Å². The Morgan fingerprint density at radius 3 is 2.58 bits per heavy atom. The van der Waals surface area contributed by atoms with Gasteiger partial charge in [-0.05, 0) is 44.4 Å². The Hall–Kier alpha value is -2.57. The molecule has 0 bridgehead atoms. The van der Waals surface area contributed by atoms with Crippen molar-refractivity contribution in [2.24, 2.45) is 0 Å². The lowest BCUT2D eigenvalue weighted by Crippen LogP contribution is -2.36. The highest BCUT2D eigenvalue weighted by Gasteiger charge is 2.20. The molecule has 0 aliphatic carbocycles. The number of rotatable bonds is 3. The standard InChI is InChI=1S/C17H18F2N4O/c1-11-9-15(16(24)23-7-3-2-4-8-23)22-17(20-11)21-14-6-5-12(18)10-13(14)19/h5-6,9-10H,2-4,7-8H2,1H3,(H,20,21,22). The third-order valence-corrected chi connectivity index (χ3v) is 3.89. The lowest BCUT2D eigenvalue weighted by molar-refractivity contribution is 0.0718. The molecule has 0 saturated carbocycles. The Kier molecular flexibility index (Phi) is 4.69. The minimum absolute atomic E-state index is 0.0540. The average Bonchev–Trinajstić information content (AvgIpc) is 2.57. The van der Waals surface area contributed by atoms with Gasteiger partial charge in [-0.3, -0.25) is 4.79 Å². The number of aromatic nitrogens is 2. The summed E-state index contributed by atoms with van der Waals surface area (Å²) in [4.78, 5) is 22.7. The van der Waals surface area contributed by atoms with Crippen LogP contribution in [0.3, 0.4) is 0 Å². The van der Waals surface area contributed by atoms with Gasteiger partial charge in [0.05, 0.1) is 5.69 Å². The van der Waals surface area contributed by atoms with Crippen LogP contribution in [0.4, 0.5) is 20.4 Å². The van der Waals surface area contributed by atoms with Crippen molar-refractivity contribution < 1.29 is 13.6 Å². The third kappa shape index (κ3) is 3.67. The van der Waals surface area contributed by atoms with Crippen LogP contribution in [0.25, 0.3) is 0 Å². The summed E-state index contributed by atoms with van der Waals surface area (Å²) < 4.78 is 26.7. The third-order valence-electron chi connectivity index (χ3n) is 3.89. The molecule has 24 heavy (non-hydrogen) atoms. The van der Waals surface area contributed by atoms with E-state index in [1.165, 1.54) is 6.07 Å². The van der Waals surface area contributed by atoms with Crippen LogP contribution in [0.15, 0.2) is 24.3 Å². The van der Waals surface area contributed by atoms with Crippen molar-refractivity contribution >= 4 is 17.5 Å². The number of carbonyl (C=O) groups is 1. The van der Waals surface area contributed by atoms with Gasteiger partial charge in [-0.15, -0.1) is 0 Å². The molecule has 0 atom stereocenters. The second-order valence-electron chi connectivity index (χ2n) is 5.82. The molecular formula is C17H18F2N4O. The number of piperidine rings is 1. The summed E-state index contributed by atoms with van der Waals surface area (Å²) in [6, 6.07) is 4.80. The molecule has 0 radical (unpaired) electrons. The molecule has 5 nitrogen and oxygen atoms in total. The van der Waals surface area contributed by atoms with Gasteiger partial charge in [0.15, 0.2) is 0 Å². The zero-order chi connectivity index (χ0) is 17.1. The average molecular weight is 332 g/mol. The van der Waals surface area contributed by atoms with Crippen LogP contribution in [0, 0.1) is 18.6 Å². The first kappa shape index (κ1) is 16.3. The zero-order valence-electron chi connectivity index (χ0n) is 13.4. The molecule has 1 aromatic carbocycles. The minimum Gasteiger partial charge on any atom is -0.337 e. The first-order valence-corrected chi connectivity index (χ1v) is 7.90. The molecule has 2 heterocycles. The second kappa shape index (κ2) is 6.90. The van der Waals surface area contributed by atoms with Crippen molar-refractivity contribution in [1.29, 1.82) is 0 Å². The van der Waals surface area contributed by atoms with Crippen molar-refractivity contribution in [3.63, 3.8) is 0 Å². The first-order valence-electron chi connectivity index (χ1n) is 7.90. The first-order chi connectivity index (χ1) is 11.5. The van der Waals surface area contributed by atoms with Gasteiger partial charge in [0.1, 0.15) is 17.3 Å². The SMILES string of the molecule is Cc1cc(C(=O)N2CCCCC2)nc(Nc2ccc(F)cc2F)n1. The van der Waals surface area contributed by atoms with E-state index in [-0.39, 0.29) is 23.2 Å². The molecule has 1 amide bonds. The number of nitrogens with zero attached hydrogens (tertiary/aromatic N) is 3. The molecule has 0 unspecified atom stereocenters. The highest BCUT2D eigenvalue weighted by atomic mass is 19.1. The van der Waals surface area contributed by atoms with Gasteiger partial charge in [0.2, 0.25) is 5.95 Å². The monoisotopic (exact) mass is 332 g/mol. The van der Waals surface area contributed by atoms with Crippen LogP contribution in [0.2, 0.25) is 0 Å². The molecular weight excluding hydrogens is 314 g/mol. The van der Waals surface area contributed by atoms with Crippen LogP contribution >= 0.6 is 0 Å². The molecule has 1 fully saturated rings. The fraction of sp³-hybridized carbons (Fsp3) is 0.353. The van der Waals surface area contributed by atoms with Crippen molar-refractivity contribution in [2.45, 2.75) is 26.2 Å². The second-order valence-corrected chi connectivity index (χ2v) is 5.82. The van der Waals surface area contributed by atoms with Crippen LogP contribution in [0.1, 0.15) is 35.4 Å². The fourth-order valence-electron chi connectivity index (χ4n) is 2.70. The Morgan fingerprint density at radius 2 is 1.88 bits per heavy atom. The maximum absolute atomic E-state index is 13.8. The fourth-order valence-corrected chi connectivity index (χ4v) is 2.70. The summed E-state index contributed by atoms with van der Waals surface area (Å²) in [5.41, 5.74) is 0.920. The van der Waals surface area contributed by atoms with E-state index >= 15 is 0 Å². The lowest BCUT2D eigenvalue weighted by atomic mass is 10.1. The molecule has 1 aromatic heterocycles. The molecule has 126 valence electrons. The summed E-state index contributed by atoms with van der Waals surface area (Å²) in [6.45, 7) is 3.18. The number of aryl methyl sites for hydroxylation is 1. The molecule has 7 heteroatoms. The maximum Gasteiger partial charge on any atom is 0.272 e. The Labute approximate surface area is 138 Å². The van der Waals surface area contributed by atoms with E-state index in [2.05, 4.69) is 15.3 Å². The van der Waals surface area contributed by atoms with E-state index in [9.17, 15) is 13.6 Å². The smallest absolute Gasteiger partial charge is 0.272 e. The van der Waals surface area contributed by atoms with Gasteiger partial charge in [0, 0.05) is 24.8 Å². The van der Waals surface area contributed by atoms with Gasteiger partial charge in [-0.1, -0.05) is 0 Å². The van der Waals surface area contributed by atoms with Gasteiger partial charge in [-0.2, -0.15) is 0 Å². The summed E-state index contributed by atoms with van der Waals surface area (Å²) in [5, 5.41) is 2.70. The predicted molar refractivity (Wildman–Crippen MR) is 86.2 cm³/mol. The van der Waals surface area contributed by atoms with E-state index in [4.69, 9.17) is 0 Å². The van der Waals surface area contributed by atoms with Crippen molar-refractivity contribution in [3.05, 3.63) is 47.3 Å². The Morgan fingerprint density at radius 1 is 1.12 bits per heavy atom. The Balaban J connectivity index is 1.84. The van der Waals surface area contributed by atoms with E-state index in [0.717, 1.165) is 44.5 Å². The summed E-state index contributed by atoms with van der Waals surface area (Å²) >= 11 is 0. The number of benzene rings is 1. The molecule has 1 aliphatic rings. The predicted octanol–water partition coefficient (Wildman–Crippen LogP) is 3.43. The number of hydrogen-bond acceptors (Lipinski definition) is 4. The van der Waals surface area contributed by atoms with Gasteiger partial charge >= 0.3 is 0 Å². The van der Waals surface area contributed by atoms with Crippen molar-refractivity contribution in [3.8, 4) is 0 Å². The molecule has 2 aromatic rings. The molecule has 1 aliphatic heterocycles. The van der Waals surface area contributed by atoms with Gasteiger partial charge in [-0.25, -0.2) is 18.7 Å². The van der Waals surface area contributed by atoms with Crippen LogP contribution < -0.4 is 5.32 Å².